The lowest BCUT2D eigenvalue weighted by Gasteiger charge is -2.16. The molecule has 0 aliphatic heterocycles. The average molecular weight is 827 g/mol. The predicted molar refractivity (Wildman–Crippen MR) is 262 cm³/mol. The third-order valence-corrected chi connectivity index (χ3v) is 13.3. The molecule has 10 aromatic carbocycles. The standard InChI is InChI=1S/C60H42O2S/c61-63(62,59-39-55(47-27-15-5-16-28-47)37-57(41-59)53-33-49(43-19-7-1-8-20-43)31-50(34-53)44-21-9-2-10-22-44)60-40-56(48-29-17-6-18-30-48)38-58(42-60)54-35-51(45-23-11-3-12-24-45)32-52(36-54)46-25-13-4-14-26-46/h1-42H. The molecule has 10 rings (SSSR count). The Hall–Kier alpha value is -7.85. The highest BCUT2D eigenvalue weighted by molar-refractivity contribution is 7.91. The van der Waals surface area contributed by atoms with E-state index in [2.05, 4.69) is 97.1 Å². The highest BCUT2D eigenvalue weighted by atomic mass is 32.2. The molecule has 0 saturated carbocycles. The van der Waals surface area contributed by atoms with E-state index < -0.39 is 9.84 Å². The molecule has 0 unspecified atom stereocenters. The van der Waals surface area contributed by atoms with Crippen LogP contribution in [0.4, 0.5) is 0 Å². The van der Waals surface area contributed by atoms with Crippen LogP contribution >= 0.6 is 0 Å². The summed E-state index contributed by atoms with van der Waals surface area (Å²) in [6, 6.07) is 86.0. The first-order valence-corrected chi connectivity index (χ1v) is 22.6. The van der Waals surface area contributed by atoms with Gasteiger partial charge in [-0.2, -0.15) is 0 Å². The number of benzene rings is 10. The Bertz CT molecular complexity index is 2960. The molecule has 0 radical (unpaired) electrons. The topological polar surface area (TPSA) is 34.1 Å². The van der Waals surface area contributed by atoms with Crippen molar-refractivity contribution < 1.29 is 8.42 Å². The van der Waals surface area contributed by atoms with Crippen LogP contribution in [-0.4, -0.2) is 8.42 Å². The Morgan fingerprint density at radius 2 is 0.317 bits per heavy atom. The van der Waals surface area contributed by atoms with Crippen molar-refractivity contribution >= 4 is 9.84 Å². The van der Waals surface area contributed by atoms with E-state index in [1.54, 1.807) is 0 Å². The molecule has 0 N–H and O–H groups in total. The summed E-state index contributed by atoms with van der Waals surface area (Å²) in [7, 11) is -4.11. The summed E-state index contributed by atoms with van der Waals surface area (Å²) in [4.78, 5) is 0.453. The molecule has 2 nitrogen and oxygen atoms in total. The zero-order valence-corrected chi connectivity index (χ0v) is 35.3. The van der Waals surface area contributed by atoms with Crippen LogP contribution in [0.3, 0.4) is 0 Å². The molecule has 0 atom stereocenters. The Morgan fingerprint density at radius 1 is 0.175 bits per heavy atom. The van der Waals surface area contributed by atoms with Crippen LogP contribution in [0.25, 0.3) is 89.0 Å². The SMILES string of the molecule is O=S(=O)(c1cc(-c2ccccc2)cc(-c2cc(-c3ccccc3)cc(-c3ccccc3)c2)c1)c1cc(-c2ccccc2)cc(-c2cc(-c3ccccc3)cc(-c3ccccc3)c2)c1. The van der Waals surface area contributed by atoms with Crippen molar-refractivity contribution in [3.05, 3.63) is 255 Å². The molecule has 0 heterocycles. The molecule has 0 spiro atoms. The van der Waals surface area contributed by atoms with Crippen LogP contribution in [0, 0.1) is 0 Å². The van der Waals surface area contributed by atoms with Crippen LogP contribution in [0.5, 0.6) is 0 Å². The molecule has 0 amide bonds. The highest BCUT2D eigenvalue weighted by Gasteiger charge is 2.23. The van der Waals surface area contributed by atoms with Gasteiger partial charge in [0.25, 0.3) is 0 Å². The lowest BCUT2D eigenvalue weighted by atomic mass is 9.92. The van der Waals surface area contributed by atoms with Crippen LogP contribution in [0.2, 0.25) is 0 Å². The molecule has 10 aromatic rings. The van der Waals surface area contributed by atoms with E-state index in [1.807, 2.05) is 158 Å². The van der Waals surface area contributed by atoms with Gasteiger partial charge in [0.05, 0.1) is 9.79 Å². The van der Waals surface area contributed by atoms with E-state index in [9.17, 15) is 0 Å². The van der Waals surface area contributed by atoms with Gasteiger partial charge in [-0.3, -0.25) is 0 Å². The van der Waals surface area contributed by atoms with Gasteiger partial charge in [0.15, 0.2) is 0 Å². The average Bonchev–Trinajstić information content (AvgIpc) is 3.37. The molecule has 0 fully saturated rings. The minimum absolute atomic E-state index is 0.226. The number of hydrogen-bond acceptors (Lipinski definition) is 2. The van der Waals surface area contributed by atoms with Crippen molar-refractivity contribution in [3.8, 4) is 89.0 Å². The Balaban J connectivity index is 1.18. The van der Waals surface area contributed by atoms with Gasteiger partial charge < -0.3 is 0 Å². The van der Waals surface area contributed by atoms with Gasteiger partial charge >= 0.3 is 0 Å². The highest BCUT2D eigenvalue weighted by Crippen LogP contribution is 2.40. The van der Waals surface area contributed by atoms with E-state index in [4.69, 9.17) is 0 Å². The maximum Gasteiger partial charge on any atom is 0.206 e. The maximum atomic E-state index is 15.5. The quantitative estimate of drug-likeness (QED) is 0.138. The smallest absolute Gasteiger partial charge is 0.206 e. The summed E-state index contributed by atoms with van der Waals surface area (Å²) in [5.74, 6) is 0. The zero-order chi connectivity index (χ0) is 42.6. The lowest BCUT2D eigenvalue weighted by Crippen LogP contribution is -2.04. The number of hydrogen-bond donors (Lipinski definition) is 0. The van der Waals surface area contributed by atoms with E-state index >= 15 is 8.42 Å². The van der Waals surface area contributed by atoms with Crippen molar-refractivity contribution in [2.45, 2.75) is 9.79 Å². The fourth-order valence-electron chi connectivity index (χ4n) is 8.35. The van der Waals surface area contributed by atoms with E-state index in [0.717, 1.165) is 89.0 Å². The summed E-state index contributed by atoms with van der Waals surface area (Å²) in [5, 5.41) is 0. The first-order chi connectivity index (χ1) is 30.9. The molecule has 0 aliphatic rings. The van der Waals surface area contributed by atoms with E-state index in [-0.39, 0.29) is 9.79 Å². The lowest BCUT2D eigenvalue weighted by molar-refractivity contribution is 0.596. The largest absolute Gasteiger partial charge is 0.219 e. The molecule has 0 saturated heterocycles. The Labute approximate surface area is 370 Å². The minimum Gasteiger partial charge on any atom is -0.219 e. The van der Waals surface area contributed by atoms with Crippen molar-refractivity contribution in [1.29, 1.82) is 0 Å². The molecule has 300 valence electrons. The molecule has 0 bridgehead atoms. The molecular weight excluding hydrogens is 785 g/mol. The van der Waals surface area contributed by atoms with Gasteiger partial charge in [0.2, 0.25) is 9.84 Å². The second kappa shape index (κ2) is 17.3. The van der Waals surface area contributed by atoms with Crippen LogP contribution in [0.15, 0.2) is 265 Å². The second-order valence-electron chi connectivity index (χ2n) is 15.8. The summed E-state index contributed by atoms with van der Waals surface area (Å²) in [5.41, 5.74) is 15.5. The first-order valence-electron chi connectivity index (χ1n) is 21.1. The Morgan fingerprint density at radius 3 is 0.508 bits per heavy atom. The van der Waals surface area contributed by atoms with Gasteiger partial charge in [-0.1, -0.05) is 182 Å². The normalized spacial score (nSPS) is 11.3. The molecule has 3 heteroatoms. The van der Waals surface area contributed by atoms with Gasteiger partial charge in [-0.15, -0.1) is 0 Å². The number of sulfone groups is 1. The van der Waals surface area contributed by atoms with Gasteiger partial charge in [-0.05, 0) is 162 Å². The number of rotatable bonds is 10. The zero-order valence-electron chi connectivity index (χ0n) is 34.5. The molecular formula is C60H42O2S. The molecule has 0 aliphatic carbocycles. The van der Waals surface area contributed by atoms with Gasteiger partial charge in [-0.25, -0.2) is 8.42 Å². The predicted octanol–water partition coefficient (Wildman–Crippen LogP) is 15.9. The van der Waals surface area contributed by atoms with Crippen molar-refractivity contribution in [1.82, 2.24) is 0 Å². The monoisotopic (exact) mass is 826 g/mol. The third kappa shape index (κ3) is 8.43. The first kappa shape index (κ1) is 39.3. The fraction of sp³-hybridized carbons (Fsp3) is 0. The molecule has 0 aromatic heterocycles. The summed E-state index contributed by atoms with van der Waals surface area (Å²) in [6.07, 6.45) is 0. The Kier molecular flexibility index (Phi) is 10.8. The van der Waals surface area contributed by atoms with Crippen molar-refractivity contribution in [2.24, 2.45) is 0 Å². The van der Waals surface area contributed by atoms with Crippen molar-refractivity contribution in [3.63, 3.8) is 0 Å². The molecule has 63 heavy (non-hydrogen) atoms. The summed E-state index contributed by atoms with van der Waals surface area (Å²) < 4.78 is 31.0. The van der Waals surface area contributed by atoms with Gasteiger partial charge in [0, 0.05) is 0 Å². The van der Waals surface area contributed by atoms with Crippen molar-refractivity contribution in [2.75, 3.05) is 0 Å². The van der Waals surface area contributed by atoms with Crippen LogP contribution in [-0.2, 0) is 9.84 Å². The fourth-order valence-corrected chi connectivity index (χ4v) is 9.75. The second-order valence-corrected chi connectivity index (χ2v) is 17.7. The van der Waals surface area contributed by atoms with E-state index in [1.165, 1.54) is 0 Å². The minimum atomic E-state index is -4.11. The van der Waals surface area contributed by atoms with Crippen LogP contribution in [0.1, 0.15) is 0 Å². The summed E-state index contributed by atoms with van der Waals surface area (Å²) >= 11 is 0. The van der Waals surface area contributed by atoms with Gasteiger partial charge in [0.1, 0.15) is 0 Å². The maximum absolute atomic E-state index is 15.5. The summed E-state index contributed by atoms with van der Waals surface area (Å²) in [6.45, 7) is 0. The van der Waals surface area contributed by atoms with Crippen LogP contribution < -0.4 is 0 Å². The van der Waals surface area contributed by atoms with E-state index in [0.29, 0.717) is 0 Å². The third-order valence-electron chi connectivity index (χ3n) is 11.6.